The smallest absolute Gasteiger partial charge is 0.193 e. The molecule has 1 fully saturated rings. The van der Waals surface area contributed by atoms with Crippen LogP contribution in [0.15, 0.2) is 52.2 Å². The highest BCUT2D eigenvalue weighted by Gasteiger charge is 2.21. The van der Waals surface area contributed by atoms with Crippen molar-refractivity contribution in [1.82, 2.24) is 20.3 Å². The Morgan fingerprint density at radius 1 is 1.22 bits per heavy atom. The van der Waals surface area contributed by atoms with E-state index in [4.69, 9.17) is 9.26 Å². The molecular weight excluding hydrogens is 457 g/mol. The largest absolute Gasteiger partial charge is 0.375 e. The molecule has 1 saturated heterocycles. The van der Waals surface area contributed by atoms with Gasteiger partial charge in [0, 0.05) is 59.5 Å². The van der Waals surface area contributed by atoms with E-state index in [-0.39, 0.29) is 30.1 Å². The zero-order valence-corrected chi connectivity index (χ0v) is 18.2. The molecule has 1 unspecified atom stereocenters. The van der Waals surface area contributed by atoms with Gasteiger partial charge in [0.15, 0.2) is 5.96 Å². The lowest BCUT2D eigenvalue weighted by atomic mass is 10.1. The average molecular weight is 485 g/mol. The van der Waals surface area contributed by atoms with Crippen LogP contribution >= 0.6 is 24.0 Å². The molecule has 8 heteroatoms. The molecule has 0 spiro atoms. The summed E-state index contributed by atoms with van der Waals surface area (Å²) in [6.45, 7) is 5.32. The van der Waals surface area contributed by atoms with Crippen LogP contribution in [0.25, 0.3) is 0 Å². The maximum atomic E-state index is 5.63. The van der Waals surface area contributed by atoms with Crippen LogP contribution in [0.2, 0.25) is 0 Å². The molecule has 2 aromatic rings. The molecule has 0 saturated carbocycles. The summed E-state index contributed by atoms with van der Waals surface area (Å²) in [5.41, 5.74) is 2.14. The number of ether oxygens (including phenoxy) is 1. The molecule has 0 bridgehead atoms. The molecule has 0 amide bonds. The minimum atomic E-state index is 0. The first kappa shape index (κ1) is 21.6. The monoisotopic (exact) mass is 485 g/mol. The van der Waals surface area contributed by atoms with Gasteiger partial charge in [-0.2, -0.15) is 0 Å². The van der Waals surface area contributed by atoms with Gasteiger partial charge in [-0.25, -0.2) is 0 Å². The summed E-state index contributed by atoms with van der Waals surface area (Å²) in [6, 6.07) is 12.2. The third-order valence-electron chi connectivity index (χ3n) is 4.66. The number of nitrogens with zero attached hydrogens (tertiary/aromatic N) is 4. The Labute approximate surface area is 177 Å². The van der Waals surface area contributed by atoms with Crippen molar-refractivity contribution in [2.45, 2.75) is 12.6 Å². The molecule has 7 nitrogen and oxygen atoms in total. The second kappa shape index (κ2) is 11.3. The number of aromatic nitrogens is 1. The van der Waals surface area contributed by atoms with Crippen LogP contribution in [0.1, 0.15) is 17.4 Å². The second-order valence-corrected chi connectivity index (χ2v) is 6.32. The number of benzene rings is 1. The first-order chi connectivity index (χ1) is 12.8. The molecule has 1 aromatic heterocycles. The van der Waals surface area contributed by atoms with Crippen LogP contribution in [0.4, 0.5) is 0 Å². The van der Waals surface area contributed by atoms with E-state index in [2.05, 4.69) is 37.4 Å². The Hall–Kier alpha value is -1.65. The molecule has 148 valence electrons. The van der Waals surface area contributed by atoms with E-state index in [1.165, 1.54) is 0 Å². The molecule has 1 aliphatic rings. The van der Waals surface area contributed by atoms with Gasteiger partial charge in [0.1, 0.15) is 6.26 Å². The molecule has 1 N–H and O–H groups in total. The standard InChI is InChI=1S/C19H27N5O2.HI/c1-20-19(21-14-18(25-2)16-6-4-3-5-7-16)24-11-9-23(10-12-24)15-17-8-13-26-22-17;/h3-8,13,18H,9-12,14-15H2,1-2H3,(H,20,21);1H. The van der Waals surface area contributed by atoms with Crippen molar-refractivity contribution in [3.8, 4) is 0 Å². The highest BCUT2D eigenvalue weighted by atomic mass is 127. The van der Waals surface area contributed by atoms with Crippen molar-refractivity contribution < 1.29 is 9.26 Å². The molecular formula is C19H28IN5O2. The quantitative estimate of drug-likeness (QED) is 0.385. The number of methoxy groups -OCH3 is 1. The predicted molar refractivity (Wildman–Crippen MR) is 116 cm³/mol. The van der Waals surface area contributed by atoms with Crippen LogP contribution in [-0.2, 0) is 11.3 Å². The van der Waals surface area contributed by atoms with Gasteiger partial charge in [-0.3, -0.25) is 9.89 Å². The molecule has 1 aliphatic heterocycles. The molecule has 0 aliphatic carbocycles. The summed E-state index contributed by atoms with van der Waals surface area (Å²) in [6.07, 6.45) is 1.62. The van der Waals surface area contributed by atoms with Crippen molar-refractivity contribution in [3.63, 3.8) is 0 Å². The first-order valence-corrected chi connectivity index (χ1v) is 8.95. The SMILES string of the molecule is CN=C(NCC(OC)c1ccccc1)N1CCN(Cc2ccon2)CC1.I. The molecule has 2 heterocycles. The molecule has 1 aromatic carbocycles. The number of nitrogens with one attached hydrogen (secondary N) is 1. The molecule has 1 atom stereocenters. The van der Waals surface area contributed by atoms with Crippen LogP contribution in [0, 0.1) is 0 Å². The normalized spacial score (nSPS) is 16.7. The Balaban J connectivity index is 0.00000261. The minimum absolute atomic E-state index is 0. The Morgan fingerprint density at radius 3 is 2.56 bits per heavy atom. The fourth-order valence-electron chi connectivity index (χ4n) is 3.19. The van der Waals surface area contributed by atoms with Crippen molar-refractivity contribution in [1.29, 1.82) is 0 Å². The molecule has 0 radical (unpaired) electrons. The number of piperazine rings is 1. The zero-order chi connectivity index (χ0) is 18.2. The Kier molecular flexibility index (Phi) is 9.02. The first-order valence-electron chi connectivity index (χ1n) is 8.95. The minimum Gasteiger partial charge on any atom is -0.375 e. The number of halogens is 1. The summed E-state index contributed by atoms with van der Waals surface area (Å²) >= 11 is 0. The van der Waals surface area contributed by atoms with E-state index in [0.29, 0.717) is 6.54 Å². The fraction of sp³-hybridized carbons (Fsp3) is 0.474. The van der Waals surface area contributed by atoms with Crippen LogP contribution in [0.3, 0.4) is 0 Å². The summed E-state index contributed by atoms with van der Waals surface area (Å²) in [7, 11) is 3.57. The highest BCUT2D eigenvalue weighted by molar-refractivity contribution is 14.0. The van der Waals surface area contributed by atoms with Gasteiger partial charge in [-0.05, 0) is 5.56 Å². The van der Waals surface area contributed by atoms with E-state index in [1.807, 2.05) is 31.3 Å². The maximum Gasteiger partial charge on any atom is 0.193 e. The fourth-order valence-corrected chi connectivity index (χ4v) is 3.19. The number of hydrogen-bond acceptors (Lipinski definition) is 5. The lowest BCUT2D eigenvalue weighted by molar-refractivity contribution is 0.105. The van der Waals surface area contributed by atoms with Gasteiger partial charge in [0.05, 0.1) is 11.8 Å². The van der Waals surface area contributed by atoms with E-state index in [0.717, 1.165) is 49.9 Å². The van der Waals surface area contributed by atoms with Gasteiger partial charge in [0.2, 0.25) is 0 Å². The lowest BCUT2D eigenvalue weighted by Gasteiger charge is -2.36. The third kappa shape index (κ3) is 6.18. The number of aliphatic imine (C=N–C) groups is 1. The summed E-state index contributed by atoms with van der Waals surface area (Å²) in [5, 5.41) is 7.44. The van der Waals surface area contributed by atoms with Gasteiger partial charge in [-0.1, -0.05) is 35.5 Å². The molecule has 27 heavy (non-hydrogen) atoms. The second-order valence-electron chi connectivity index (χ2n) is 6.32. The topological polar surface area (TPSA) is 66.1 Å². The van der Waals surface area contributed by atoms with E-state index >= 15 is 0 Å². The van der Waals surface area contributed by atoms with Gasteiger partial charge in [0.25, 0.3) is 0 Å². The van der Waals surface area contributed by atoms with Crippen LogP contribution in [0.5, 0.6) is 0 Å². The number of guanidine groups is 1. The summed E-state index contributed by atoms with van der Waals surface area (Å²) in [4.78, 5) is 9.11. The predicted octanol–water partition coefficient (Wildman–Crippen LogP) is 2.37. The molecule has 3 rings (SSSR count). The van der Waals surface area contributed by atoms with Crippen molar-refractivity contribution >= 4 is 29.9 Å². The Bertz CT molecular complexity index is 673. The third-order valence-corrected chi connectivity index (χ3v) is 4.66. The van der Waals surface area contributed by atoms with Crippen molar-refractivity contribution in [2.24, 2.45) is 4.99 Å². The zero-order valence-electron chi connectivity index (χ0n) is 15.9. The summed E-state index contributed by atoms with van der Waals surface area (Å²) in [5.74, 6) is 0.920. The Morgan fingerprint density at radius 2 is 1.96 bits per heavy atom. The summed E-state index contributed by atoms with van der Waals surface area (Å²) < 4.78 is 10.5. The number of hydrogen-bond donors (Lipinski definition) is 1. The maximum absolute atomic E-state index is 5.63. The van der Waals surface area contributed by atoms with Crippen LogP contribution < -0.4 is 5.32 Å². The van der Waals surface area contributed by atoms with E-state index < -0.39 is 0 Å². The van der Waals surface area contributed by atoms with Gasteiger partial charge >= 0.3 is 0 Å². The van der Waals surface area contributed by atoms with Crippen LogP contribution in [-0.4, -0.2) is 67.8 Å². The van der Waals surface area contributed by atoms with Crippen molar-refractivity contribution in [2.75, 3.05) is 46.9 Å². The van der Waals surface area contributed by atoms with E-state index in [9.17, 15) is 0 Å². The highest BCUT2D eigenvalue weighted by Crippen LogP contribution is 2.15. The average Bonchev–Trinajstić information content (AvgIpc) is 3.20. The van der Waals surface area contributed by atoms with E-state index in [1.54, 1.807) is 13.4 Å². The van der Waals surface area contributed by atoms with Gasteiger partial charge < -0.3 is 19.5 Å². The lowest BCUT2D eigenvalue weighted by Crippen LogP contribution is -2.52. The number of rotatable bonds is 6. The van der Waals surface area contributed by atoms with Gasteiger partial charge in [-0.15, -0.1) is 24.0 Å². The van der Waals surface area contributed by atoms with Crippen molar-refractivity contribution in [3.05, 3.63) is 53.9 Å².